The molecule has 2 aromatic carbocycles. The van der Waals surface area contributed by atoms with Crippen molar-refractivity contribution >= 4 is 10.9 Å². The largest absolute Gasteiger partial charge is 0.387 e. The molecule has 0 saturated carbocycles. The molecule has 0 radical (unpaired) electrons. The normalized spacial score (nSPS) is 16.9. The Morgan fingerprint density at radius 2 is 1.97 bits per heavy atom. The number of fused-ring (bicyclic) bond motifs is 3. The van der Waals surface area contributed by atoms with Crippen molar-refractivity contribution in [3.05, 3.63) is 95.1 Å². The molecule has 2 aliphatic heterocycles. The van der Waals surface area contributed by atoms with E-state index in [1.807, 2.05) is 12.3 Å². The number of halogens is 1. The molecule has 0 amide bonds. The number of benzene rings is 2. The first-order valence-corrected chi connectivity index (χ1v) is 10.4. The van der Waals surface area contributed by atoms with Gasteiger partial charge in [0.2, 0.25) is 0 Å². The number of rotatable bonds is 4. The molecular weight excluding hydrogens is 361 g/mol. The zero-order valence-electron chi connectivity index (χ0n) is 16.6. The number of aromatic nitrogens is 1. The predicted octanol–water partition coefficient (Wildman–Crippen LogP) is 4.77. The highest BCUT2D eigenvalue weighted by Crippen LogP contribution is 2.32. The molecule has 148 valence electrons. The van der Waals surface area contributed by atoms with Crippen LogP contribution in [0.1, 0.15) is 23.2 Å². The van der Waals surface area contributed by atoms with Crippen molar-refractivity contribution in [2.75, 3.05) is 13.1 Å². The standard InChI is InChI=1S/C25H26FN3/c26-21-8-3-6-19(14-21)16-28-13-5-11-25-23(18-28)22-9-1-2-10-24(22)29(25)17-20-7-4-12-27-15-20/h1-4,6-10,12,14,27H,5,11,13,15-18H2. The highest BCUT2D eigenvalue weighted by atomic mass is 19.1. The molecule has 3 aromatic rings. The SMILES string of the molecule is Fc1cccc(CN2CCCc3c(c4ccccc4n3CC3=CC=CNC3)C2)c1. The highest BCUT2D eigenvalue weighted by Gasteiger charge is 2.22. The zero-order chi connectivity index (χ0) is 19.6. The summed E-state index contributed by atoms with van der Waals surface area (Å²) in [6.45, 7) is 4.57. The molecule has 3 heterocycles. The fourth-order valence-electron chi connectivity index (χ4n) is 4.68. The molecule has 29 heavy (non-hydrogen) atoms. The number of hydrogen-bond acceptors (Lipinski definition) is 2. The van der Waals surface area contributed by atoms with Crippen LogP contribution in [0.15, 0.2) is 72.5 Å². The average molecular weight is 388 g/mol. The van der Waals surface area contributed by atoms with E-state index in [1.165, 1.54) is 33.8 Å². The van der Waals surface area contributed by atoms with E-state index >= 15 is 0 Å². The maximum absolute atomic E-state index is 13.6. The lowest BCUT2D eigenvalue weighted by atomic mass is 10.1. The van der Waals surface area contributed by atoms with E-state index < -0.39 is 0 Å². The fraction of sp³-hybridized carbons (Fsp3) is 0.280. The second-order valence-corrected chi connectivity index (χ2v) is 8.04. The van der Waals surface area contributed by atoms with Gasteiger partial charge in [0.25, 0.3) is 0 Å². The van der Waals surface area contributed by atoms with Crippen LogP contribution in [0.4, 0.5) is 4.39 Å². The van der Waals surface area contributed by atoms with Crippen molar-refractivity contribution in [3.63, 3.8) is 0 Å². The molecule has 0 bridgehead atoms. The molecule has 2 aliphatic rings. The first-order chi connectivity index (χ1) is 14.3. The average Bonchev–Trinajstić information content (AvgIpc) is 2.88. The van der Waals surface area contributed by atoms with Gasteiger partial charge in [-0.15, -0.1) is 0 Å². The quantitative estimate of drug-likeness (QED) is 0.696. The van der Waals surface area contributed by atoms with Gasteiger partial charge in [0.1, 0.15) is 5.82 Å². The van der Waals surface area contributed by atoms with Gasteiger partial charge < -0.3 is 9.88 Å². The van der Waals surface area contributed by atoms with Crippen LogP contribution in [0.25, 0.3) is 10.9 Å². The predicted molar refractivity (Wildman–Crippen MR) is 116 cm³/mol. The van der Waals surface area contributed by atoms with Crippen LogP contribution in [-0.2, 0) is 26.1 Å². The van der Waals surface area contributed by atoms with Crippen molar-refractivity contribution in [1.29, 1.82) is 0 Å². The lowest BCUT2D eigenvalue weighted by molar-refractivity contribution is 0.261. The third-order valence-corrected chi connectivity index (χ3v) is 6.00. The maximum Gasteiger partial charge on any atom is 0.123 e. The minimum Gasteiger partial charge on any atom is -0.387 e. The molecule has 0 saturated heterocycles. The monoisotopic (exact) mass is 387 g/mol. The van der Waals surface area contributed by atoms with Gasteiger partial charge in [0.05, 0.1) is 0 Å². The van der Waals surface area contributed by atoms with E-state index in [1.54, 1.807) is 12.1 Å². The molecule has 0 fully saturated rings. The molecule has 4 heteroatoms. The summed E-state index contributed by atoms with van der Waals surface area (Å²) in [5.74, 6) is -0.155. The van der Waals surface area contributed by atoms with Crippen molar-refractivity contribution < 1.29 is 4.39 Å². The maximum atomic E-state index is 13.6. The van der Waals surface area contributed by atoms with Crippen LogP contribution in [0, 0.1) is 5.82 Å². The molecule has 1 N–H and O–H groups in total. The van der Waals surface area contributed by atoms with Crippen LogP contribution in [0.2, 0.25) is 0 Å². The van der Waals surface area contributed by atoms with Crippen molar-refractivity contribution in [2.45, 2.75) is 32.5 Å². The minimum atomic E-state index is -0.155. The van der Waals surface area contributed by atoms with Gasteiger partial charge in [-0.2, -0.15) is 0 Å². The lowest BCUT2D eigenvalue weighted by Gasteiger charge is -2.20. The van der Waals surface area contributed by atoms with Gasteiger partial charge in [0, 0.05) is 42.8 Å². The van der Waals surface area contributed by atoms with Gasteiger partial charge in [-0.05, 0) is 66.6 Å². The summed E-state index contributed by atoms with van der Waals surface area (Å²) in [7, 11) is 0. The molecule has 0 atom stereocenters. The number of hydrogen-bond donors (Lipinski definition) is 1. The summed E-state index contributed by atoms with van der Waals surface area (Å²) < 4.78 is 16.2. The summed E-state index contributed by atoms with van der Waals surface area (Å²) in [6, 6.07) is 15.8. The van der Waals surface area contributed by atoms with Crippen molar-refractivity contribution in [1.82, 2.24) is 14.8 Å². The first kappa shape index (κ1) is 18.2. The first-order valence-electron chi connectivity index (χ1n) is 10.4. The van der Waals surface area contributed by atoms with Crippen molar-refractivity contribution in [3.8, 4) is 0 Å². The molecule has 0 unspecified atom stereocenters. The number of nitrogens with zero attached hydrogens (tertiary/aromatic N) is 2. The van der Waals surface area contributed by atoms with Crippen LogP contribution in [0.3, 0.4) is 0 Å². The molecule has 0 spiro atoms. The molecule has 5 rings (SSSR count). The smallest absolute Gasteiger partial charge is 0.123 e. The topological polar surface area (TPSA) is 20.2 Å². The lowest BCUT2D eigenvalue weighted by Crippen LogP contribution is -2.22. The summed E-state index contributed by atoms with van der Waals surface area (Å²) in [5, 5.41) is 4.68. The number of para-hydroxylation sites is 1. The van der Waals surface area contributed by atoms with Gasteiger partial charge in [-0.3, -0.25) is 4.90 Å². The molecule has 0 aliphatic carbocycles. The van der Waals surface area contributed by atoms with Crippen LogP contribution < -0.4 is 5.32 Å². The van der Waals surface area contributed by atoms with Crippen LogP contribution in [-0.4, -0.2) is 22.6 Å². The Hall–Kier alpha value is -2.85. The highest BCUT2D eigenvalue weighted by molar-refractivity contribution is 5.85. The Kier molecular flexibility index (Phi) is 4.94. The fourth-order valence-corrected chi connectivity index (χ4v) is 4.68. The minimum absolute atomic E-state index is 0.155. The van der Waals surface area contributed by atoms with Gasteiger partial charge >= 0.3 is 0 Å². The zero-order valence-corrected chi connectivity index (χ0v) is 16.6. The summed E-state index contributed by atoms with van der Waals surface area (Å²) in [6.07, 6.45) is 8.52. The summed E-state index contributed by atoms with van der Waals surface area (Å²) >= 11 is 0. The number of allylic oxidation sites excluding steroid dienone is 2. The van der Waals surface area contributed by atoms with Gasteiger partial charge in [-0.25, -0.2) is 4.39 Å². The second-order valence-electron chi connectivity index (χ2n) is 8.04. The van der Waals surface area contributed by atoms with Gasteiger partial charge in [0.15, 0.2) is 0 Å². The molecule has 1 aromatic heterocycles. The van der Waals surface area contributed by atoms with E-state index in [0.717, 1.165) is 51.1 Å². The molecule has 3 nitrogen and oxygen atoms in total. The Morgan fingerprint density at radius 3 is 2.83 bits per heavy atom. The van der Waals surface area contributed by atoms with E-state index in [0.29, 0.717) is 0 Å². The summed E-state index contributed by atoms with van der Waals surface area (Å²) in [5.41, 5.74) is 6.66. The van der Waals surface area contributed by atoms with E-state index in [4.69, 9.17) is 0 Å². The van der Waals surface area contributed by atoms with E-state index in [9.17, 15) is 4.39 Å². The summed E-state index contributed by atoms with van der Waals surface area (Å²) in [4.78, 5) is 2.46. The van der Waals surface area contributed by atoms with E-state index in [2.05, 4.69) is 51.2 Å². The Morgan fingerprint density at radius 1 is 1.03 bits per heavy atom. The van der Waals surface area contributed by atoms with Crippen molar-refractivity contribution in [2.24, 2.45) is 0 Å². The Labute approximate surface area is 171 Å². The second kappa shape index (κ2) is 7.88. The third kappa shape index (κ3) is 3.73. The third-order valence-electron chi connectivity index (χ3n) is 6.00. The Bertz CT molecular complexity index is 1090. The van der Waals surface area contributed by atoms with Crippen LogP contribution >= 0.6 is 0 Å². The number of dihydropyridines is 1. The number of nitrogens with one attached hydrogen (secondary N) is 1. The van der Waals surface area contributed by atoms with E-state index in [-0.39, 0.29) is 5.82 Å². The molecular formula is C25H26FN3. The van der Waals surface area contributed by atoms with Gasteiger partial charge in [-0.1, -0.05) is 36.4 Å². The Balaban J connectivity index is 1.50. The van der Waals surface area contributed by atoms with Crippen LogP contribution in [0.5, 0.6) is 0 Å².